The van der Waals surface area contributed by atoms with Crippen molar-refractivity contribution in [1.82, 2.24) is 0 Å². The Morgan fingerprint density at radius 3 is 2.30 bits per heavy atom. The Bertz CT molecular complexity index is 114. The minimum atomic E-state index is -0.973. The molecule has 1 N–H and O–H groups in total. The van der Waals surface area contributed by atoms with Gasteiger partial charge in [-0.25, -0.2) is 0 Å². The van der Waals surface area contributed by atoms with Gasteiger partial charge in [0.25, 0.3) is 0 Å². The van der Waals surface area contributed by atoms with Crippen molar-refractivity contribution in [2.75, 3.05) is 0 Å². The van der Waals surface area contributed by atoms with Crippen LogP contribution in [0.25, 0.3) is 0 Å². The number of rotatable bonds is 4. The Labute approximate surface area is 70.1 Å². The summed E-state index contributed by atoms with van der Waals surface area (Å²) < 4.78 is 0. The maximum Gasteiger partial charge on any atom is 0.321 e. The zero-order valence-corrected chi connectivity index (χ0v) is 7.19. The fourth-order valence-corrected chi connectivity index (χ4v) is 0.751. The zero-order chi connectivity index (χ0) is 8.15. The zero-order valence-electron chi connectivity index (χ0n) is 5.68. The molecule has 0 fully saturated rings. The molecule has 0 aliphatic heterocycles. The van der Waals surface area contributed by atoms with Gasteiger partial charge in [-0.05, 0) is 19.8 Å². The molecule has 0 amide bonds. The first kappa shape index (κ1) is 10.0. The van der Waals surface area contributed by atoms with E-state index in [1.165, 1.54) is 0 Å². The standard InChI is InChI=1S/C6H10Cl2O2/c1-4(7)2-3-5(8)6(9)10/h4-5H,2-3H2,1H3,(H,9,10). The summed E-state index contributed by atoms with van der Waals surface area (Å²) in [6, 6.07) is 0. The number of hydrogen-bond acceptors (Lipinski definition) is 1. The molecule has 0 heterocycles. The highest BCUT2D eigenvalue weighted by Gasteiger charge is 2.13. The van der Waals surface area contributed by atoms with Crippen LogP contribution in [0, 0.1) is 0 Å². The average molecular weight is 185 g/mol. The Balaban J connectivity index is 3.40. The third kappa shape index (κ3) is 4.89. The van der Waals surface area contributed by atoms with Crippen LogP contribution in [0.3, 0.4) is 0 Å². The Hall–Kier alpha value is 0.0500. The first-order chi connectivity index (χ1) is 4.54. The van der Waals surface area contributed by atoms with Gasteiger partial charge >= 0.3 is 5.97 Å². The van der Waals surface area contributed by atoms with Crippen LogP contribution >= 0.6 is 23.2 Å². The van der Waals surface area contributed by atoms with E-state index in [1.807, 2.05) is 6.92 Å². The smallest absolute Gasteiger partial charge is 0.321 e. The molecule has 0 saturated heterocycles. The summed E-state index contributed by atoms with van der Waals surface area (Å²) >= 11 is 11.0. The minimum absolute atomic E-state index is 0.000556. The van der Waals surface area contributed by atoms with E-state index in [2.05, 4.69) is 0 Å². The number of carboxylic acids is 1. The van der Waals surface area contributed by atoms with E-state index >= 15 is 0 Å². The van der Waals surface area contributed by atoms with Gasteiger partial charge in [-0.1, -0.05) is 0 Å². The fourth-order valence-electron chi connectivity index (χ4n) is 0.499. The lowest BCUT2D eigenvalue weighted by Crippen LogP contribution is -2.14. The molecule has 60 valence electrons. The van der Waals surface area contributed by atoms with Crippen LogP contribution in [0.4, 0.5) is 0 Å². The van der Waals surface area contributed by atoms with Crippen LogP contribution in [0.15, 0.2) is 0 Å². The molecule has 0 aliphatic carbocycles. The lowest BCUT2D eigenvalue weighted by atomic mass is 10.2. The predicted octanol–water partition coefficient (Wildman–Crippen LogP) is 2.09. The first-order valence-corrected chi connectivity index (χ1v) is 3.92. The van der Waals surface area contributed by atoms with Crippen molar-refractivity contribution in [2.45, 2.75) is 30.5 Å². The Morgan fingerprint density at radius 2 is 2.00 bits per heavy atom. The Kier molecular flexibility index (Phi) is 4.83. The number of carbonyl (C=O) groups is 1. The number of alkyl halides is 2. The molecule has 0 aromatic rings. The topological polar surface area (TPSA) is 37.3 Å². The van der Waals surface area contributed by atoms with Crippen LogP contribution in [-0.4, -0.2) is 21.8 Å². The van der Waals surface area contributed by atoms with Gasteiger partial charge in [-0.3, -0.25) is 4.79 Å². The summed E-state index contributed by atoms with van der Waals surface area (Å²) in [7, 11) is 0. The summed E-state index contributed by atoms with van der Waals surface area (Å²) in [6.45, 7) is 1.81. The maximum absolute atomic E-state index is 10.1. The van der Waals surface area contributed by atoms with Gasteiger partial charge in [0.15, 0.2) is 0 Å². The molecule has 4 heteroatoms. The molecule has 0 spiro atoms. The van der Waals surface area contributed by atoms with Gasteiger partial charge in [-0.2, -0.15) is 0 Å². The van der Waals surface area contributed by atoms with Crippen molar-refractivity contribution < 1.29 is 9.90 Å². The monoisotopic (exact) mass is 184 g/mol. The van der Waals surface area contributed by atoms with Crippen LogP contribution < -0.4 is 0 Å². The summed E-state index contributed by atoms with van der Waals surface area (Å²) in [6.07, 6.45) is 1.07. The molecular weight excluding hydrogens is 175 g/mol. The van der Waals surface area contributed by atoms with Crippen LogP contribution in [0.5, 0.6) is 0 Å². The van der Waals surface area contributed by atoms with E-state index in [1.54, 1.807) is 0 Å². The van der Waals surface area contributed by atoms with Crippen molar-refractivity contribution in [1.29, 1.82) is 0 Å². The molecule has 0 aliphatic rings. The second kappa shape index (κ2) is 4.80. The van der Waals surface area contributed by atoms with E-state index in [0.717, 1.165) is 0 Å². The third-order valence-electron chi connectivity index (χ3n) is 1.09. The van der Waals surface area contributed by atoms with E-state index in [0.29, 0.717) is 12.8 Å². The molecule has 0 rings (SSSR count). The SMILES string of the molecule is CC(Cl)CCC(Cl)C(=O)O. The second-order valence-electron chi connectivity index (χ2n) is 2.16. The van der Waals surface area contributed by atoms with E-state index < -0.39 is 11.3 Å². The molecule has 0 radical (unpaired) electrons. The lowest BCUT2D eigenvalue weighted by Gasteiger charge is -2.04. The highest BCUT2D eigenvalue weighted by molar-refractivity contribution is 6.29. The van der Waals surface area contributed by atoms with Crippen LogP contribution in [0.1, 0.15) is 19.8 Å². The summed E-state index contributed by atoms with van der Waals surface area (Å²) in [5.41, 5.74) is 0. The van der Waals surface area contributed by atoms with Gasteiger partial charge in [0.05, 0.1) is 0 Å². The number of halogens is 2. The lowest BCUT2D eigenvalue weighted by molar-refractivity contribution is -0.136. The predicted molar refractivity (Wildman–Crippen MR) is 41.8 cm³/mol. The summed E-state index contributed by atoms with van der Waals surface area (Å²) in [4.78, 5) is 10.1. The van der Waals surface area contributed by atoms with Crippen molar-refractivity contribution in [2.24, 2.45) is 0 Å². The number of hydrogen-bond donors (Lipinski definition) is 1. The van der Waals surface area contributed by atoms with E-state index in [9.17, 15) is 4.79 Å². The Morgan fingerprint density at radius 1 is 1.50 bits per heavy atom. The van der Waals surface area contributed by atoms with Gasteiger partial charge in [0.1, 0.15) is 5.38 Å². The van der Waals surface area contributed by atoms with Crippen molar-refractivity contribution >= 4 is 29.2 Å². The normalized spacial score (nSPS) is 16.3. The first-order valence-electron chi connectivity index (χ1n) is 3.05. The fraction of sp³-hybridized carbons (Fsp3) is 0.833. The third-order valence-corrected chi connectivity index (χ3v) is 1.71. The molecule has 0 aromatic carbocycles. The minimum Gasteiger partial charge on any atom is -0.480 e. The van der Waals surface area contributed by atoms with Crippen LogP contribution in [-0.2, 0) is 4.79 Å². The number of aliphatic carboxylic acids is 1. The van der Waals surface area contributed by atoms with Gasteiger partial charge in [0, 0.05) is 5.38 Å². The molecular formula is C6H10Cl2O2. The molecule has 2 nitrogen and oxygen atoms in total. The number of carboxylic acid groups (broad SMARTS) is 1. The van der Waals surface area contributed by atoms with Crippen molar-refractivity contribution in [3.8, 4) is 0 Å². The van der Waals surface area contributed by atoms with Gasteiger partial charge in [-0.15, -0.1) is 23.2 Å². The average Bonchev–Trinajstić information content (AvgIpc) is 1.82. The van der Waals surface area contributed by atoms with E-state index in [4.69, 9.17) is 28.3 Å². The molecule has 10 heavy (non-hydrogen) atoms. The molecule has 0 saturated carbocycles. The second-order valence-corrected chi connectivity index (χ2v) is 3.44. The van der Waals surface area contributed by atoms with Gasteiger partial charge in [0.2, 0.25) is 0 Å². The highest BCUT2D eigenvalue weighted by Crippen LogP contribution is 2.10. The summed E-state index contributed by atoms with van der Waals surface area (Å²) in [5, 5.41) is 7.53. The quantitative estimate of drug-likeness (QED) is 0.680. The largest absolute Gasteiger partial charge is 0.480 e. The van der Waals surface area contributed by atoms with Crippen LogP contribution in [0.2, 0.25) is 0 Å². The van der Waals surface area contributed by atoms with Crippen molar-refractivity contribution in [3.05, 3.63) is 0 Å². The molecule has 0 aromatic heterocycles. The molecule has 2 unspecified atom stereocenters. The highest BCUT2D eigenvalue weighted by atomic mass is 35.5. The van der Waals surface area contributed by atoms with Gasteiger partial charge < -0.3 is 5.11 Å². The summed E-state index contributed by atoms with van der Waals surface area (Å²) in [5.74, 6) is -0.973. The van der Waals surface area contributed by atoms with E-state index in [-0.39, 0.29) is 5.38 Å². The molecule has 2 atom stereocenters. The maximum atomic E-state index is 10.1. The molecule has 0 bridgehead atoms. The van der Waals surface area contributed by atoms with Crippen molar-refractivity contribution in [3.63, 3.8) is 0 Å².